The predicted molar refractivity (Wildman–Crippen MR) is 109 cm³/mol. The average Bonchev–Trinajstić information content (AvgIpc) is 2.76. The number of ether oxygens (including phenoxy) is 3. The van der Waals surface area contributed by atoms with Crippen LogP contribution in [0.1, 0.15) is 5.56 Å². The summed E-state index contributed by atoms with van der Waals surface area (Å²) in [6.45, 7) is -1.70. The normalized spacial score (nSPS) is 13.8. The minimum atomic E-state index is -2.92. The fraction of sp³-hybridized carbons (Fsp3) is 0.286. The second-order valence-electron chi connectivity index (χ2n) is 7.19. The van der Waals surface area contributed by atoms with Crippen molar-refractivity contribution in [2.45, 2.75) is 19.6 Å². The summed E-state index contributed by atoms with van der Waals surface area (Å²) in [5.74, 6) is -1.08. The molecule has 0 saturated carbocycles. The third-order valence-corrected chi connectivity index (χ3v) is 5.09. The number of benzene rings is 2. The number of carbonyl (C=O) groups excluding carboxylic acids is 1. The van der Waals surface area contributed by atoms with Gasteiger partial charge in [0, 0.05) is 17.0 Å². The van der Waals surface area contributed by atoms with Crippen LogP contribution in [-0.2, 0) is 4.74 Å². The first-order valence-corrected chi connectivity index (χ1v) is 9.71. The second kappa shape index (κ2) is 9.06. The maximum absolute atomic E-state index is 14.5. The van der Waals surface area contributed by atoms with Crippen LogP contribution in [0.5, 0.6) is 11.5 Å². The molecule has 1 amide bonds. The van der Waals surface area contributed by atoms with Gasteiger partial charge in [0.05, 0.1) is 37.5 Å². The van der Waals surface area contributed by atoms with Crippen LogP contribution in [0, 0.1) is 18.6 Å². The molecule has 12 heteroatoms. The number of alkyl halides is 2. The zero-order chi connectivity index (χ0) is 23.7. The SMILES string of the molecule is COc1cc2ncnc(Nc3ccc(F)c(C)c3F)c2cc1OC(=O)N1CC(OC(F)F)C1. The summed E-state index contributed by atoms with van der Waals surface area (Å²) < 4.78 is 67.5. The third kappa shape index (κ3) is 4.60. The lowest BCUT2D eigenvalue weighted by Gasteiger charge is -2.37. The lowest BCUT2D eigenvalue weighted by atomic mass is 10.1. The van der Waals surface area contributed by atoms with E-state index in [0.717, 1.165) is 6.07 Å². The first-order chi connectivity index (χ1) is 15.8. The number of aromatic nitrogens is 2. The Morgan fingerprint density at radius 2 is 1.94 bits per heavy atom. The fourth-order valence-corrected chi connectivity index (χ4v) is 3.27. The molecule has 1 aliphatic heterocycles. The first kappa shape index (κ1) is 22.5. The van der Waals surface area contributed by atoms with Crippen molar-refractivity contribution in [1.82, 2.24) is 14.9 Å². The van der Waals surface area contributed by atoms with Crippen molar-refractivity contribution in [2.75, 3.05) is 25.5 Å². The molecule has 1 fully saturated rings. The van der Waals surface area contributed by atoms with Crippen molar-refractivity contribution in [3.8, 4) is 11.5 Å². The number of anilines is 2. The molecule has 8 nitrogen and oxygen atoms in total. The first-order valence-electron chi connectivity index (χ1n) is 9.71. The van der Waals surface area contributed by atoms with Gasteiger partial charge >= 0.3 is 12.7 Å². The van der Waals surface area contributed by atoms with Crippen molar-refractivity contribution < 1.29 is 36.6 Å². The Labute approximate surface area is 185 Å². The van der Waals surface area contributed by atoms with E-state index in [9.17, 15) is 22.4 Å². The van der Waals surface area contributed by atoms with E-state index in [2.05, 4.69) is 20.0 Å². The summed E-state index contributed by atoms with van der Waals surface area (Å²) in [5.41, 5.74) is 0.241. The van der Waals surface area contributed by atoms with Gasteiger partial charge in [-0.2, -0.15) is 8.78 Å². The van der Waals surface area contributed by atoms with Crippen LogP contribution in [-0.4, -0.2) is 53.9 Å². The Bertz CT molecular complexity index is 1200. The van der Waals surface area contributed by atoms with Gasteiger partial charge in [0.15, 0.2) is 17.3 Å². The van der Waals surface area contributed by atoms with Gasteiger partial charge in [-0.3, -0.25) is 0 Å². The molecule has 4 rings (SSSR count). The van der Waals surface area contributed by atoms with E-state index in [1.807, 2.05) is 0 Å². The van der Waals surface area contributed by atoms with E-state index in [1.165, 1.54) is 43.5 Å². The number of nitrogens with one attached hydrogen (secondary N) is 1. The summed E-state index contributed by atoms with van der Waals surface area (Å²) in [4.78, 5) is 21.8. The molecule has 0 aliphatic carbocycles. The Balaban J connectivity index is 1.61. The number of rotatable bonds is 6. The number of hydrogen-bond acceptors (Lipinski definition) is 7. The fourth-order valence-electron chi connectivity index (χ4n) is 3.27. The number of fused-ring (bicyclic) bond motifs is 1. The summed E-state index contributed by atoms with van der Waals surface area (Å²) in [6, 6.07) is 5.28. The zero-order valence-electron chi connectivity index (χ0n) is 17.4. The number of nitrogens with zero attached hydrogens (tertiary/aromatic N) is 3. The summed E-state index contributed by atoms with van der Waals surface area (Å²) in [6.07, 6.45) is -0.310. The molecule has 1 saturated heterocycles. The number of likely N-dealkylation sites (tertiary alicyclic amines) is 1. The molecule has 174 valence electrons. The molecule has 2 aromatic carbocycles. The average molecular weight is 466 g/mol. The van der Waals surface area contributed by atoms with Gasteiger partial charge in [-0.1, -0.05) is 0 Å². The largest absolute Gasteiger partial charge is 0.493 e. The molecule has 0 atom stereocenters. The van der Waals surface area contributed by atoms with Gasteiger partial charge in [0.2, 0.25) is 0 Å². The molecule has 1 N–H and O–H groups in total. The Hall–Kier alpha value is -3.67. The van der Waals surface area contributed by atoms with E-state index >= 15 is 0 Å². The monoisotopic (exact) mass is 466 g/mol. The molecule has 3 aromatic rings. The van der Waals surface area contributed by atoms with Crippen LogP contribution in [0.15, 0.2) is 30.6 Å². The standard InChI is InChI=1S/C21H18F4N4O4/c1-10-13(22)3-4-14(18(10)23)28-19-12-5-17(16(31-2)6-15(12)26-9-27-19)33-21(30)29-7-11(8-29)32-20(24)25/h3-6,9,11,20H,7-8H2,1-2H3,(H,26,27,28). The van der Waals surface area contributed by atoms with E-state index < -0.39 is 30.4 Å². The van der Waals surface area contributed by atoms with Crippen molar-refractivity contribution in [2.24, 2.45) is 0 Å². The third-order valence-electron chi connectivity index (χ3n) is 5.09. The minimum Gasteiger partial charge on any atom is -0.493 e. The number of carbonyl (C=O) groups is 1. The van der Waals surface area contributed by atoms with Crippen LogP contribution in [0.4, 0.5) is 33.9 Å². The van der Waals surface area contributed by atoms with Crippen molar-refractivity contribution in [3.05, 3.63) is 47.8 Å². The summed E-state index contributed by atoms with van der Waals surface area (Å²) in [7, 11) is 1.37. The van der Waals surface area contributed by atoms with Crippen molar-refractivity contribution in [1.29, 1.82) is 0 Å². The molecular formula is C21H18F4N4O4. The maximum atomic E-state index is 14.5. The quantitative estimate of drug-likeness (QED) is 0.540. The molecule has 0 spiro atoms. The summed E-state index contributed by atoms with van der Waals surface area (Å²) >= 11 is 0. The lowest BCUT2D eigenvalue weighted by molar-refractivity contribution is -0.190. The molecular weight excluding hydrogens is 448 g/mol. The Kier molecular flexibility index (Phi) is 6.18. The highest BCUT2D eigenvalue weighted by Crippen LogP contribution is 2.36. The Morgan fingerprint density at radius 1 is 1.18 bits per heavy atom. The minimum absolute atomic E-state index is 0.00564. The summed E-state index contributed by atoms with van der Waals surface area (Å²) in [5, 5.41) is 3.16. The van der Waals surface area contributed by atoms with Gasteiger partial charge < -0.3 is 24.4 Å². The molecule has 1 aliphatic rings. The number of halogens is 4. The Morgan fingerprint density at radius 3 is 2.64 bits per heavy atom. The highest BCUT2D eigenvalue weighted by molar-refractivity contribution is 5.93. The number of hydrogen-bond donors (Lipinski definition) is 1. The highest BCUT2D eigenvalue weighted by atomic mass is 19.3. The van der Waals surface area contributed by atoms with Gasteiger partial charge in [-0.25, -0.2) is 23.5 Å². The van der Waals surface area contributed by atoms with Crippen LogP contribution in [0.3, 0.4) is 0 Å². The zero-order valence-corrected chi connectivity index (χ0v) is 17.4. The van der Waals surface area contributed by atoms with Gasteiger partial charge in [-0.15, -0.1) is 0 Å². The number of methoxy groups -OCH3 is 1. The maximum Gasteiger partial charge on any atom is 0.415 e. The lowest BCUT2D eigenvalue weighted by Crippen LogP contribution is -2.56. The van der Waals surface area contributed by atoms with Gasteiger partial charge in [0.1, 0.15) is 18.0 Å². The van der Waals surface area contributed by atoms with Crippen LogP contribution < -0.4 is 14.8 Å². The molecule has 0 unspecified atom stereocenters. The molecule has 0 bridgehead atoms. The topological polar surface area (TPSA) is 85.8 Å². The highest BCUT2D eigenvalue weighted by Gasteiger charge is 2.35. The van der Waals surface area contributed by atoms with E-state index in [4.69, 9.17) is 9.47 Å². The van der Waals surface area contributed by atoms with Crippen LogP contribution in [0.2, 0.25) is 0 Å². The number of amides is 1. The smallest absolute Gasteiger partial charge is 0.415 e. The van der Waals surface area contributed by atoms with Crippen LogP contribution >= 0.6 is 0 Å². The molecule has 33 heavy (non-hydrogen) atoms. The van der Waals surface area contributed by atoms with Crippen molar-refractivity contribution >= 4 is 28.5 Å². The van der Waals surface area contributed by atoms with Crippen molar-refractivity contribution in [3.63, 3.8) is 0 Å². The van der Waals surface area contributed by atoms with Crippen LogP contribution in [0.25, 0.3) is 10.9 Å². The molecule has 0 radical (unpaired) electrons. The predicted octanol–water partition coefficient (Wildman–Crippen LogP) is 4.39. The van der Waals surface area contributed by atoms with Gasteiger partial charge in [0.25, 0.3) is 0 Å². The van der Waals surface area contributed by atoms with Gasteiger partial charge in [-0.05, 0) is 25.1 Å². The van der Waals surface area contributed by atoms with E-state index in [-0.39, 0.29) is 41.7 Å². The van der Waals surface area contributed by atoms with E-state index in [1.54, 1.807) is 0 Å². The second-order valence-corrected chi connectivity index (χ2v) is 7.19. The molecule has 2 heterocycles. The molecule has 1 aromatic heterocycles. The van der Waals surface area contributed by atoms with E-state index in [0.29, 0.717) is 10.9 Å².